The Kier molecular flexibility index (Phi) is 6.62. The third-order valence-electron chi connectivity index (χ3n) is 6.45. The topological polar surface area (TPSA) is 67.1 Å². The molecule has 0 unspecified atom stereocenters. The minimum absolute atomic E-state index is 0.231. The fourth-order valence-corrected chi connectivity index (χ4v) is 4.67. The lowest BCUT2D eigenvalue weighted by Gasteiger charge is -2.20. The smallest absolute Gasteiger partial charge is 0.339 e. The van der Waals surface area contributed by atoms with Crippen LogP contribution in [-0.4, -0.2) is 14.2 Å². The molecule has 6 heteroatoms. The molecule has 0 saturated heterocycles. The number of aryl methyl sites for hydroxylation is 1. The van der Waals surface area contributed by atoms with E-state index in [0.717, 1.165) is 64.8 Å². The highest BCUT2D eigenvalue weighted by Gasteiger charge is 2.23. The van der Waals surface area contributed by atoms with Gasteiger partial charge in [-0.25, -0.2) is 4.79 Å². The summed E-state index contributed by atoms with van der Waals surface area (Å²) in [5.74, 6) is 2.37. The molecule has 4 aromatic rings. The van der Waals surface area contributed by atoms with E-state index in [1.807, 2.05) is 60.7 Å². The van der Waals surface area contributed by atoms with Gasteiger partial charge in [0.2, 0.25) is 5.75 Å². The Morgan fingerprint density at radius 3 is 1.97 bits per heavy atom. The Morgan fingerprint density at radius 1 is 0.714 bits per heavy atom. The molecule has 0 saturated carbocycles. The van der Waals surface area contributed by atoms with Gasteiger partial charge in [0, 0.05) is 22.1 Å². The molecule has 0 amide bonds. The Bertz CT molecular complexity index is 1400. The molecule has 0 spiro atoms. The van der Waals surface area contributed by atoms with E-state index in [2.05, 4.69) is 0 Å². The van der Waals surface area contributed by atoms with Gasteiger partial charge in [0.25, 0.3) is 0 Å². The number of fused-ring (bicyclic) bond motifs is 3. The first-order valence-electron chi connectivity index (χ1n) is 11.8. The van der Waals surface area contributed by atoms with Crippen LogP contribution in [0, 0.1) is 0 Å². The molecule has 1 heterocycles. The highest BCUT2D eigenvalue weighted by Crippen LogP contribution is 2.40. The summed E-state index contributed by atoms with van der Waals surface area (Å²) in [7, 11) is 3.26. The average molecular weight is 473 g/mol. The number of rotatable bonds is 8. The quantitative estimate of drug-likeness (QED) is 0.300. The lowest BCUT2D eigenvalue weighted by Crippen LogP contribution is -2.16. The van der Waals surface area contributed by atoms with Crippen molar-refractivity contribution in [2.75, 3.05) is 14.2 Å². The molecule has 0 bridgehead atoms. The maximum atomic E-state index is 12.9. The van der Waals surface area contributed by atoms with E-state index in [-0.39, 0.29) is 18.8 Å². The Labute approximate surface area is 204 Å². The van der Waals surface area contributed by atoms with Gasteiger partial charge in [0.15, 0.2) is 11.3 Å². The summed E-state index contributed by atoms with van der Waals surface area (Å²) in [6.45, 7) is 0.505. The zero-order chi connectivity index (χ0) is 24.2. The van der Waals surface area contributed by atoms with Gasteiger partial charge >= 0.3 is 5.63 Å². The summed E-state index contributed by atoms with van der Waals surface area (Å²) in [4.78, 5) is 12.9. The van der Waals surface area contributed by atoms with Gasteiger partial charge in [-0.1, -0.05) is 36.4 Å². The van der Waals surface area contributed by atoms with Crippen LogP contribution in [0.5, 0.6) is 23.0 Å². The van der Waals surface area contributed by atoms with Crippen molar-refractivity contribution in [1.82, 2.24) is 0 Å². The van der Waals surface area contributed by atoms with Crippen LogP contribution in [0.3, 0.4) is 0 Å². The van der Waals surface area contributed by atoms with Crippen LogP contribution < -0.4 is 24.6 Å². The third-order valence-corrected chi connectivity index (χ3v) is 6.45. The van der Waals surface area contributed by atoms with Gasteiger partial charge in [0.1, 0.15) is 24.7 Å². The molecule has 6 nitrogen and oxygen atoms in total. The lowest BCUT2D eigenvalue weighted by molar-refractivity contribution is 0.249. The second-order valence-corrected chi connectivity index (χ2v) is 8.52. The van der Waals surface area contributed by atoms with Crippen molar-refractivity contribution in [1.29, 1.82) is 0 Å². The number of ether oxygens (including phenoxy) is 4. The molecular formula is C29H28O6. The molecule has 0 aliphatic heterocycles. The first-order valence-corrected chi connectivity index (χ1v) is 11.8. The molecule has 35 heavy (non-hydrogen) atoms. The summed E-state index contributed by atoms with van der Waals surface area (Å²) in [5.41, 5.74) is 3.74. The van der Waals surface area contributed by atoms with Gasteiger partial charge in [-0.2, -0.15) is 0 Å². The summed E-state index contributed by atoms with van der Waals surface area (Å²) in [5, 5.41) is 0.902. The van der Waals surface area contributed by atoms with E-state index in [1.165, 1.54) is 0 Å². The highest BCUT2D eigenvalue weighted by molar-refractivity contribution is 5.89. The number of methoxy groups -OCH3 is 2. The maximum absolute atomic E-state index is 12.9. The molecule has 1 aliphatic carbocycles. The van der Waals surface area contributed by atoms with E-state index in [0.29, 0.717) is 17.1 Å². The second-order valence-electron chi connectivity index (χ2n) is 8.52. The minimum atomic E-state index is -0.295. The Morgan fingerprint density at radius 2 is 1.31 bits per heavy atom. The number of hydrogen-bond donors (Lipinski definition) is 0. The minimum Gasteiger partial charge on any atom is -0.496 e. The highest BCUT2D eigenvalue weighted by atomic mass is 16.5. The van der Waals surface area contributed by atoms with E-state index in [4.69, 9.17) is 23.4 Å². The van der Waals surface area contributed by atoms with Crippen LogP contribution in [-0.2, 0) is 26.1 Å². The van der Waals surface area contributed by atoms with Crippen molar-refractivity contribution in [2.45, 2.75) is 38.9 Å². The largest absolute Gasteiger partial charge is 0.496 e. The summed E-state index contributed by atoms with van der Waals surface area (Å²) in [6.07, 6.45) is 3.65. The summed E-state index contributed by atoms with van der Waals surface area (Å²) >= 11 is 0. The molecule has 3 aromatic carbocycles. The zero-order valence-electron chi connectivity index (χ0n) is 20.0. The van der Waals surface area contributed by atoms with Gasteiger partial charge in [-0.3, -0.25) is 0 Å². The molecule has 5 rings (SSSR count). The predicted molar refractivity (Wildman–Crippen MR) is 134 cm³/mol. The van der Waals surface area contributed by atoms with Crippen LogP contribution in [0.25, 0.3) is 11.0 Å². The Hall–Kier alpha value is -3.93. The first-order chi connectivity index (χ1) is 17.2. The van der Waals surface area contributed by atoms with E-state index in [9.17, 15) is 4.79 Å². The molecule has 0 atom stereocenters. The zero-order valence-corrected chi connectivity index (χ0v) is 20.0. The molecule has 0 N–H and O–H groups in total. The van der Waals surface area contributed by atoms with Crippen molar-refractivity contribution in [3.05, 3.63) is 93.3 Å². The van der Waals surface area contributed by atoms with Crippen molar-refractivity contribution in [3.8, 4) is 23.0 Å². The van der Waals surface area contributed by atoms with Gasteiger partial charge < -0.3 is 23.4 Å². The molecule has 1 aromatic heterocycles. The van der Waals surface area contributed by atoms with Crippen LogP contribution in [0.2, 0.25) is 0 Å². The average Bonchev–Trinajstić information content (AvgIpc) is 2.91. The molecule has 0 fully saturated rings. The number of para-hydroxylation sites is 2. The van der Waals surface area contributed by atoms with E-state index < -0.39 is 0 Å². The lowest BCUT2D eigenvalue weighted by atomic mass is 9.90. The van der Waals surface area contributed by atoms with Crippen LogP contribution in [0.15, 0.2) is 69.9 Å². The second kappa shape index (κ2) is 10.1. The van der Waals surface area contributed by atoms with E-state index >= 15 is 0 Å². The van der Waals surface area contributed by atoms with Crippen molar-refractivity contribution in [3.63, 3.8) is 0 Å². The fraction of sp³-hybridized carbons (Fsp3) is 0.276. The van der Waals surface area contributed by atoms with Crippen molar-refractivity contribution in [2.24, 2.45) is 0 Å². The van der Waals surface area contributed by atoms with Gasteiger partial charge in [-0.05, 0) is 55.5 Å². The third kappa shape index (κ3) is 4.56. The normalized spacial score (nSPS) is 12.7. The van der Waals surface area contributed by atoms with Crippen LogP contribution >= 0.6 is 0 Å². The molecule has 180 valence electrons. The maximum Gasteiger partial charge on any atom is 0.339 e. The molecule has 1 aliphatic rings. The SMILES string of the molecule is COc1ccccc1COc1ccc2c3c(c(=O)oc2c1OCc1ccccc1OC)CCCC3. The van der Waals surface area contributed by atoms with Gasteiger partial charge in [-0.15, -0.1) is 0 Å². The Balaban J connectivity index is 1.56. The molecular weight excluding hydrogens is 444 g/mol. The number of hydrogen-bond acceptors (Lipinski definition) is 6. The summed E-state index contributed by atoms with van der Waals surface area (Å²) in [6, 6.07) is 19.2. The predicted octanol–water partition coefficient (Wildman–Crippen LogP) is 5.85. The van der Waals surface area contributed by atoms with Crippen LogP contribution in [0.4, 0.5) is 0 Å². The van der Waals surface area contributed by atoms with Crippen molar-refractivity contribution < 1.29 is 23.4 Å². The number of benzene rings is 3. The monoisotopic (exact) mass is 472 g/mol. The first kappa shape index (κ1) is 22.8. The van der Waals surface area contributed by atoms with Gasteiger partial charge in [0.05, 0.1) is 14.2 Å². The standard InChI is InChI=1S/C29H28O6/c1-31-24-13-7-3-9-19(24)17-33-26-16-15-22-21-11-5-6-12-23(21)29(30)35-27(22)28(26)34-18-20-10-4-8-14-25(20)32-2/h3-4,7-10,13-16H,5-6,11-12,17-18H2,1-2H3. The van der Waals surface area contributed by atoms with Crippen LogP contribution in [0.1, 0.15) is 35.1 Å². The van der Waals surface area contributed by atoms with Crippen molar-refractivity contribution >= 4 is 11.0 Å². The summed E-state index contributed by atoms with van der Waals surface area (Å²) < 4.78 is 29.3. The fourth-order valence-electron chi connectivity index (χ4n) is 4.67. The van der Waals surface area contributed by atoms with E-state index in [1.54, 1.807) is 14.2 Å². The molecule has 0 radical (unpaired) electrons.